The van der Waals surface area contributed by atoms with E-state index >= 15 is 0 Å². The zero-order chi connectivity index (χ0) is 10.0. The maximum Gasteiger partial charge on any atom is 0.0443 e. The highest BCUT2D eigenvalue weighted by Gasteiger charge is 2.35. The molecule has 1 fully saturated rings. The highest BCUT2D eigenvalue weighted by Crippen LogP contribution is 2.44. The molecule has 2 heteroatoms. The highest BCUT2D eigenvalue weighted by atomic mass is 79.9. The van der Waals surface area contributed by atoms with Crippen LogP contribution in [0.4, 0.5) is 0 Å². The Morgan fingerprint density at radius 1 is 1.21 bits per heavy atom. The summed E-state index contributed by atoms with van der Waals surface area (Å²) in [6.07, 6.45) is 5.19. The van der Waals surface area contributed by atoms with Gasteiger partial charge in [-0.15, -0.1) is 0 Å². The van der Waals surface area contributed by atoms with Crippen molar-refractivity contribution in [1.82, 2.24) is 0 Å². The minimum Gasteiger partial charge on any atom is -0.0918 e. The van der Waals surface area contributed by atoms with Crippen LogP contribution in [0, 0.1) is 0 Å². The second kappa shape index (κ2) is 4.24. The molecule has 0 N–H and O–H groups in total. The van der Waals surface area contributed by atoms with Crippen molar-refractivity contribution >= 4 is 27.5 Å². The van der Waals surface area contributed by atoms with E-state index in [1.54, 1.807) is 0 Å². The topological polar surface area (TPSA) is 0 Å². The zero-order valence-electron chi connectivity index (χ0n) is 8.10. The molecule has 0 aromatic heterocycles. The molecule has 0 bridgehead atoms. The van der Waals surface area contributed by atoms with Gasteiger partial charge in [0.15, 0.2) is 0 Å². The van der Waals surface area contributed by atoms with E-state index in [-0.39, 0.29) is 0 Å². The summed E-state index contributed by atoms with van der Waals surface area (Å²) in [7, 11) is 0. The molecule has 1 aliphatic rings. The standard InChI is InChI=1S/C12H14BrCl/c13-9-12(7-3-4-8-12)10-5-1-2-6-11(10)14/h1-2,5-6H,3-4,7-9H2. The molecule has 1 aliphatic carbocycles. The van der Waals surface area contributed by atoms with Gasteiger partial charge in [-0.1, -0.05) is 58.6 Å². The Kier molecular flexibility index (Phi) is 3.18. The smallest absolute Gasteiger partial charge is 0.0443 e. The Labute approximate surface area is 98.8 Å². The first kappa shape index (κ1) is 10.5. The third-order valence-corrected chi connectivity index (χ3v) is 4.66. The normalized spacial score (nSPS) is 19.9. The molecule has 0 amide bonds. The van der Waals surface area contributed by atoms with Crippen molar-refractivity contribution in [2.24, 2.45) is 0 Å². The maximum atomic E-state index is 6.25. The quantitative estimate of drug-likeness (QED) is 0.694. The van der Waals surface area contributed by atoms with Crippen molar-refractivity contribution in [2.75, 3.05) is 5.33 Å². The SMILES string of the molecule is Clc1ccccc1C1(CBr)CCCC1. The maximum absolute atomic E-state index is 6.25. The molecular weight excluding hydrogens is 259 g/mol. The first-order valence-corrected chi connectivity index (χ1v) is 6.59. The van der Waals surface area contributed by atoms with Gasteiger partial charge in [0.05, 0.1) is 0 Å². The van der Waals surface area contributed by atoms with E-state index < -0.39 is 0 Å². The molecule has 2 rings (SSSR count). The fourth-order valence-corrected chi connectivity index (χ4v) is 3.62. The lowest BCUT2D eigenvalue weighted by Gasteiger charge is -2.28. The minimum absolute atomic E-state index is 0.304. The lowest BCUT2D eigenvalue weighted by atomic mass is 9.81. The van der Waals surface area contributed by atoms with E-state index in [1.807, 2.05) is 12.1 Å². The third kappa shape index (κ3) is 1.72. The van der Waals surface area contributed by atoms with Crippen LogP contribution in [0.5, 0.6) is 0 Å². The summed E-state index contributed by atoms with van der Waals surface area (Å²) < 4.78 is 0. The molecular formula is C12H14BrCl. The molecule has 1 saturated carbocycles. The van der Waals surface area contributed by atoms with Crippen LogP contribution in [0.25, 0.3) is 0 Å². The predicted octanol–water partition coefficient (Wildman–Crippen LogP) is 4.55. The van der Waals surface area contributed by atoms with Gasteiger partial charge >= 0.3 is 0 Å². The van der Waals surface area contributed by atoms with E-state index in [0.717, 1.165) is 10.4 Å². The molecule has 0 nitrogen and oxygen atoms in total. The van der Waals surface area contributed by atoms with Crippen molar-refractivity contribution in [3.05, 3.63) is 34.9 Å². The van der Waals surface area contributed by atoms with Crippen molar-refractivity contribution in [1.29, 1.82) is 0 Å². The Bertz CT molecular complexity index is 316. The minimum atomic E-state index is 0.304. The molecule has 76 valence electrons. The Balaban J connectivity index is 2.41. The van der Waals surface area contributed by atoms with Gasteiger partial charge in [-0.2, -0.15) is 0 Å². The molecule has 0 aliphatic heterocycles. The van der Waals surface area contributed by atoms with Crippen LogP contribution in [-0.4, -0.2) is 5.33 Å². The zero-order valence-corrected chi connectivity index (χ0v) is 10.4. The summed E-state index contributed by atoms with van der Waals surface area (Å²) in [5, 5.41) is 1.96. The van der Waals surface area contributed by atoms with E-state index in [4.69, 9.17) is 11.6 Å². The van der Waals surface area contributed by atoms with Gasteiger partial charge in [0.2, 0.25) is 0 Å². The molecule has 0 radical (unpaired) electrons. The summed E-state index contributed by atoms with van der Waals surface area (Å²) in [4.78, 5) is 0. The monoisotopic (exact) mass is 272 g/mol. The Morgan fingerprint density at radius 2 is 1.86 bits per heavy atom. The Hall–Kier alpha value is -0.0100. The average molecular weight is 274 g/mol. The predicted molar refractivity (Wildman–Crippen MR) is 65.4 cm³/mol. The van der Waals surface area contributed by atoms with Gasteiger partial charge < -0.3 is 0 Å². The number of halogens is 2. The van der Waals surface area contributed by atoms with Crippen LogP contribution in [0.15, 0.2) is 24.3 Å². The van der Waals surface area contributed by atoms with Gasteiger partial charge in [0, 0.05) is 15.8 Å². The lowest BCUT2D eigenvalue weighted by molar-refractivity contribution is 0.505. The lowest BCUT2D eigenvalue weighted by Crippen LogP contribution is -2.24. The fourth-order valence-electron chi connectivity index (χ4n) is 2.42. The van der Waals surface area contributed by atoms with E-state index in [2.05, 4.69) is 28.1 Å². The van der Waals surface area contributed by atoms with E-state index in [0.29, 0.717) is 5.41 Å². The molecule has 0 saturated heterocycles. The molecule has 0 unspecified atom stereocenters. The fraction of sp³-hybridized carbons (Fsp3) is 0.500. The number of benzene rings is 1. The van der Waals surface area contributed by atoms with Crippen LogP contribution < -0.4 is 0 Å². The molecule has 0 spiro atoms. The van der Waals surface area contributed by atoms with Crippen LogP contribution in [0.3, 0.4) is 0 Å². The van der Waals surface area contributed by atoms with Gasteiger partial charge in [-0.3, -0.25) is 0 Å². The van der Waals surface area contributed by atoms with E-state index in [9.17, 15) is 0 Å². The number of hydrogen-bond acceptors (Lipinski definition) is 0. The molecule has 1 aromatic carbocycles. The van der Waals surface area contributed by atoms with Gasteiger partial charge in [-0.25, -0.2) is 0 Å². The van der Waals surface area contributed by atoms with Gasteiger partial charge in [-0.05, 0) is 24.5 Å². The Morgan fingerprint density at radius 3 is 2.43 bits per heavy atom. The largest absolute Gasteiger partial charge is 0.0918 e. The van der Waals surface area contributed by atoms with Crippen LogP contribution in [-0.2, 0) is 5.41 Å². The van der Waals surface area contributed by atoms with Crippen LogP contribution in [0.1, 0.15) is 31.2 Å². The van der Waals surface area contributed by atoms with Gasteiger partial charge in [0.25, 0.3) is 0 Å². The van der Waals surface area contributed by atoms with Crippen molar-refractivity contribution < 1.29 is 0 Å². The molecule has 1 aromatic rings. The van der Waals surface area contributed by atoms with Crippen molar-refractivity contribution in [3.63, 3.8) is 0 Å². The summed E-state index contributed by atoms with van der Waals surface area (Å²) in [5.41, 5.74) is 1.63. The van der Waals surface area contributed by atoms with E-state index in [1.165, 1.54) is 31.2 Å². The summed E-state index contributed by atoms with van der Waals surface area (Å²) in [6.45, 7) is 0. The summed E-state index contributed by atoms with van der Waals surface area (Å²) in [6, 6.07) is 8.27. The number of rotatable bonds is 2. The number of alkyl halides is 1. The highest BCUT2D eigenvalue weighted by molar-refractivity contribution is 9.09. The van der Waals surface area contributed by atoms with Crippen molar-refractivity contribution in [3.8, 4) is 0 Å². The first-order valence-electron chi connectivity index (χ1n) is 5.09. The third-order valence-electron chi connectivity index (χ3n) is 3.26. The average Bonchev–Trinajstić information content (AvgIpc) is 2.68. The first-order chi connectivity index (χ1) is 6.78. The van der Waals surface area contributed by atoms with Crippen LogP contribution >= 0.6 is 27.5 Å². The van der Waals surface area contributed by atoms with Gasteiger partial charge in [0.1, 0.15) is 0 Å². The molecule has 0 atom stereocenters. The second-order valence-electron chi connectivity index (χ2n) is 4.10. The summed E-state index contributed by atoms with van der Waals surface area (Å²) in [5.74, 6) is 0. The van der Waals surface area contributed by atoms with Crippen LogP contribution in [0.2, 0.25) is 5.02 Å². The van der Waals surface area contributed by atoms with Crippen molar-refractivity contribution in [2.45, 2.75) is 31.1 Å². The molecule has 0 heterocycles. The molecule has 14 heavy (non-hydrogen) atoms. The second-order valence-corrected chi connectivity index (χ2v) is 5.07. The number of hydrogen-bond donors (Lipinski definition) is 0. The summed E-state index contributed by atoms with van der Waals surface area (Å²) >= 11 is 9.90.